The highest BCUT2D eigenvalue weighted by molar-refractivity contribution is 7.99. The largest absolute Gasteiger partial charge is 0.382 e. The fourth-order valence-electron chi connectivity index (χ4n) is 2.32. The van der Waals surface area contributed by atoms with Crippen LogP contribution < -0.4 is 10.6 Å². The maximum atomic E-state index is 4.42. The van der Waals surface area contributed by atoms with Crippen LogP contribution in [-0.4, -0.2) is 11.0 Å². The molecule has 0 unspecified atom stereocenters. The van der Waals surface area contributed by atoms with E-state index in [0.717, 1.165) is 27.0 Å². The van der Waals surface area contributed by atoms with Gasteiger partial charge in [-0.3, -0.25) is 0 Å². The van der Waals surface area contributed by atoms with Crippen molar-refractivity contribution in [3.05, 3.63) is 72.9 Å². The molecule has 0 fully saturated rings. The molecule has 1 aromatic heterocycles. The monoisotopic (exact) mass is 335 g/mol. The smallest absolute Gasteiger partial charge is 0.101 e. The Labute approximate surface area is 147 Å². The molecule has 0 saturated carbocycles. The lowest BCUT2D eigenvalue weighted by atomic mass is 10.2. The second-order valence-electron chi connectivity index (χ2n) is 5.77. The molecule has 2 N–H and O–H groups in total. The maximum absolute atomic E-state index is 4.42. The van der Waals surface area contributed by atoms with Gasteiger partial charge in [-0.25, -0.2) is 4.98 Å². The third kappa shape index (κ3) is 4.52. The highest BCUT2D eigenvalue weighted by Gasteiger charge is 2.08. The lowest BCUT2D eigenvalue weighted by Gasteiger charge is -2.16. The van der Waals surface area contributed by atoms with Gasteiger partial charge in [-0.1, -0.05) is 36.0 Å². The van der Waals surface area contributed by atoms with Crippen LogP contribution in [-0.2, 0) is 0 Å². The number of aromatic nitrogens is 1. The fourth-order valence-corrected chi connectivity index (χ4v) is 3.23. The van der Waals surface area contributed by atoms with Gasteiger partial charge >= 0.3 is 0 Å². The van der Waals surface area contributed by atoms with Crippen LogP contribution in [0.5, 0.6) is 0 Å². The molecule has 3 rings (SSSR count). The summed E-state index contributed by atoms with van der Waals surface area (Å²) >= 11 is 1.67. The number of pyridine rings is 1. The first kappa shape index (κ1) is 16.4. The summed E-state index contributed by atoms with van der Waals surface area (Å²) in [6.07, 6.45) is 1.82. The van der Waals surface area contributed by atoms with Crippen molar-refractivity contribution in [3.63, 3.8) is 0 Å². The second-order valence-corrected chi connectivity index (χ2v) is 6.83. The van der Waals surface area contributed by atoms with Crippen molar-refractivity contribution >= 4 is 28.8 Å². The van der Waals surface area contributed by atoms with E-state index in [2.05, 4.69) is 59.8 Å². The summed E-state index contributed by atoms with van der Waals surface area (Å²) in [5.74, 6) is 0. The van der Waals surface area contributed by atoms with Crippen molar-refractivity contribution in [2.24, 2.45) is 0 Å². The van der Waals surface area contributed by atoms with E-state index < -0.39 is 0 Å². The Hall–Kier alpha value is -2.46. The van der Waals surface area contributed by atoms with Crippen LogP contribution in [0.1, 0.15) is 13.8 Å². The molecule has 0 bridgehead atoms. The summed E-state index contributed by atoms with van der Waals surface area (Å²) < 4.78 is 0. The van der Waals surface area contributed by atoms with E-state index in [-0.39, 0.29) is 0 Å². The number of hydrogen-bond donors (Lipinski definition) is 2. The van der Waals surface area contributed by atoms with E-state index in [1.165, 1.54) is 0 Å². The first-order valence-electron chi connectivity index (χ1n) is 8.02. The number of rotatable bonds is 6. The highest BCUT2D eigenvalue weighted by atomic mass is 32.2. The number of nitrogens with zero attached hydrogens (tertiary/aromatic N) is 1. The van der Waals surface area contributed by atoms with E-state index in [9.17, 15) is 0 Å². The van der Waals surface area contributed by atoms with Gasteiger partial charge in [0.15, 0.2) is 0 Å². The predicted octanol–water partition coefficient (Wildman–Crippen LogP) is 5.80. The number of benzene rings is 2. The van der Waals surface area contributed by atoms with Gasteiger partial charge in [-0.2, -0.15) is 0 Å². The van der Waals surface area contributed by atoms with Gasteiger partial charge in [-0.05, 0) is 56.3 Å². The molecule has 3 aromatic rings. The Kier molecular flexibility index (Phi) is 5.39. The third-order valence-corrected chi connectivity index (χ3v) is 4.35. The summed E-state index contributed by atoms with van der Waals surface area (Å²) in [6, 6.07) is 22.9. The van der Waals surface area contributed by atoms with Crippen molar-refractivity contribution in [1.29, 1.82) is 0 Å². The molecule has 24 heavy (non-hydrogen) atoms. The van der Waals surface area contributed by atoms with Crippen LogP contribution in [0.25, 0.3) is 0 Å². The summed E-state index contributed by atoms with van der Waals surface area (Å²) in [6.45, 7) is 4.29. The predicted molar refractivity (Wildman–Crippen MR) is 103 cm³/mol. The van der Waals surface area contributed by atoms with Gasteiger partial charge in [-0.15, -0.1) is 0 Å². The van der Waals surface area contributed by atoms with Gasteiger partial charge in [0.1, 0.15) is 5.03 Å². The van der Waals surface area contributed by atoms with Crippen LogP contribution in [0.2, 0.25) is 0 Å². The van der Waals surface area contributed by atoms with Crippen LogP contribution in [0.4, 0.5) is 17.1 Å². The number of nitrogens with one attached hydrogen (secondary N) is 2. The fraction of sp³-hybridized carbons (Fsp3) is 0.150. The second kappa shape index (κ2) is 7.88. The zero-order valence-corrected chi connectivity index (χ0v) is 14.7. The van der Waals surface area contributed by atoms with E-state index in [4.69, 9.17) is 0 Å². The molecule has 0 spiro atoms. The van der Waals surface area contributed by atoms with Crippen LogP contribution >= 0.6 is 11.8 Å². The lowest BCUT2D eigenvalue weighted by Crippen LogP contribution is -2.10. The average molecular weight is 335 g/mol. The maximum Gasteiger partial charge on any atom is 0.101 e. The molecule has 122 valence electrons. The molecule has 3 nitrogen and oxygen atoms in total. The molecule has 4 heteroatoms. The molecular formula is C20H21N3S. The average Bonchev–Trinajstić information content (AvgIpc) is 2.59. The number of hydrogen-bond acceptors (Lipinski definition) is 4. The minimum atomic E-state index is 0.376. The Balaban J connectivity index is 1.88. The van der Waals surface area contributed by atoms with Crippen LogP contribution in [0.15, 0.2) is 82.8 Å². The number of para-hydroxylation sites is 1. The van der Waals surface area contributed by atoms with Crippen molar-refractivity contribution in [3.8, 4) is 0 Å². The third-order valence-electron chi connectivity index (χ3n) is 3.34. The van der Waals surface area contributed by atoms with Gasteiger partial charge in [0.25, 0.3) is 0 Å². The van der Waals surface area contributed by atoms with E-state index in [1.54, 1.807) is 11.8 Å². The Morgan fingerprint density at radius 2 is 1.67 bits per heavy atom. The molecular weight excluding hydrogens is 314 g/mol. The van der Waals surface area contributed by atoms with Crippen LogP contribution in [0.3, 0.4) is 0 Å². The molecule has 2 aromatic carbocycles. The van der Waals surface area contributed by atoms with Crippen LogP contribution in [0, 0.1) is 0 Å². The molecule has 0 atom stereocenters. The zero-order chi connectivity index (χ0) is 16.8. The topological polar surface area (TPSA) is 37.0 Å². The van der Waals surface area contributed by atoms with Gasteiger partial charge < -0.3 is 10.6 Å². The molecule has 1 heterocycles. The summed E-state index contributed by atoms with van der Waals surface area (Å²) in [4.78, 5) is 5.58. The van der Waals surface area contributed by atoms with Crippen molar-refractivity contribution < 1.29 is 0 Å². The first-order valence-corrected chi connectivity index (χ1v) is 8.84. The highest BCUT2D eigenvalue weighted by Crippen LogP contribution is 2.35. The normalized spacial score (nSPS) is 10.6. The first-order chi connectivity index (χ1) is 11.7. The van der Waals surface area contributed by atoms with Crippen molar-refractivity contribution in [2.75, 3.05) is 10.6 Å². The zero-order valence-electron chi connectivity index (χ0n) is 13.9. The Morgan fingerprint density at radius 1 is 0.875 bits per heavy atom. The van der Waals surface area contributed by atoms with E-state index >= 15 is 0 Å². The summed E-state index contributed by atoms with van der Waals surface area (Å²) in [5, 5.41) is 7.94. The van der Waals surface area contributed by atoms with Gasteiger partial charge in [0.2, 0.25) is 0 Å². The molecule has 0 aliphatic heterocycles. The minimum Gasteiger partial charge on any atom is -0.382 e. The Morgan fingerprint density at radius 3 is 2.38 bits per heavy atom. The van der Waals surface area contributed by atoms with E-state index in [1.807, 2.05) is 42.6 Å². The van der Waals surface area contributed by atoms with Gasteiger partial charge in [0, 0.05) is 34.2 Å². The lowest BCUT2D eigenvalue weighted by molar-refractivity contribution is 0.894. The molecule has 0 saturated heterocycles. The summed E-state index contributed by atoms with van der Waals surface area (Å²) in [5.41, 5.74) is 3.27. The molecule has 0 aliphatic rings. The molecule has 0 amide bonds. The van der Waals surface area contributed by atoms with Crippen molar-refractivity contribution in [1.82, 2.24) is 4.98 Å². The van der Waals surface area contributed by atoms with E-state index in [0.29, 0.717) is 6.04 Å². The quantitative estimate of drug-likeness (QED) is 0.597. The molecule has 0 aliphatic carbocycles. The molecule has 0 radical (unpaired) electrons. The van der Waals surface area contributed by atoms with Crippen molar-refractivity contribution in [2.45, 2.75) is 29.8 Å². The Bertz CT molecular complexity index is 773. The minimum absolute atomic E-state index is 0.376. The summed E-state index contributed by atoms with van der Waals surface area (Å²) in [7, 11) is 0. The standard InChI is InChI=1S/C20H21N3S/c1-15(2)22-18-12-11-17(23-16-8-4-3-5-9-16)14-19(18)24-20-10-6-7-13-21-20/h3-15,22-23H,1-2H3. The number of anilines is 3. The SMILES string of the molecule is CC(C)Nc1ccc(Nc2ccccc2)cc1Sc1ccccn1. The van der Waals surface area contributed by atoms with Gasteiger partial charge in [0.05, 0.1) is 0 Å².